The molecule has 9 heteroatoms. The second-order valence-corrected chi connectivity index (χ2v) is 5.53. The van der Waals surface area contributed by atoms with E-state index in [4.69, 9.17) is 10.5 Å². The molecule has 0 amide bonds. The number of para-hydroxylation sites is 2. The molecule has 0 bridgehead atoms. The van der Waals surface area contributed by atoms with Crippen LogP contribution in [0.1, 0.15) is 2.85 Å². The molecule has 0 aliphatic carbocycles. The first-order chi connectivity index (χ1) is 12.5. The van der Waals surface area contributed by atoms with Crippen LogP contribution < -0.4 is 15.8 Å². The summed E-state index contributed by atoms with van der Waals surface area (Å²) in [5.41, 5.74) is 6.49. The molecule has 154 valence electrons. The molecule has 7 nitrogen and oxygen atoms in total. The molecule has 0 unspecified atom stereocenters. The maximum absolute atomic E-state index is 13.5. The molecule has 2 aromatic carbocycles. The number of hydrogen-bond donors (Lipinski definition) is 3. The van der Waals surface area contributed by atoms with Gasteiger partial charge in [-0.1, -0.05) is 30.8 Å². The van der Waals surface area contributed by atoms with Gasteiger partial charge < -0.3 is 26.7 Å². The van der Waals surface area contributed by atoms with E-state index in [0.29, 0.717) is 22.1 Å². The van der Waals surface area contributed by atoms with Gasteiger partial charge in [-0.15, -0.1) is 12.6 Å². The van der Waals surface area contributed by atoms with Gasteiger partial charge in [0.25, 0.3) is 0 Å². The number of ether oxygens (including phenoxy) is 1. The number of nitrogens with two attached hydrogens (primary N) is 1. The standard InChI is InChI=1S/C19H19FN4OS.2H2O.2H2/c1-3-14(20)15(22-2)12-23-19(21)24-18-16(10-7-11-17(18)26)25-13-8-5-4-6-9-13;;;;/h3-11,26H,1-2,12H2,(H3,21,23,24);2*1H2;2*1H/b15-14+;;;;. The van der Waals surface area contributed by atoms with Gasteiger partial charge in [-0.25, -0.2) is 9.38 Å². The van der Waals surface area contributed by atoms with Crippen LogP contribution in [0.25, 0.3) is 0 Å². The number of benzene rings is 2. The van der Waals surface area contributed by atoms with Crippen LogP contribution in [0.3, 0.4) is 0 Å². The lowest BCUT2D eigenvalue weighted by molar-refractivity contribution is 0.484. The average Bonchev–Trinajstić information content (AvgIpc) is 2.65. The largest absolute Gasteiger partial charge is 0.455 e. The van der Waals surface area contributed by atoms with Crippen molar-refractivity contribution in [2.24, 2.45) is 15.7 Å². The van der Waals surface area contributed by atoms with E-state index in [1.54, 1.807) is 18.2 Å². The third kappa shape index (κ3) is 6.88. The summed E-state index contributed by atoms with van der Waals surface area (Å²) in [4.78, 5) is 8.26. The fourth-order valence-electron chi connectivity index (χ4n) is 1.99. The highest BCUT2D eigenvalue weighted by atomic mass is 32.1. The number of nitrogens with zero attached hydrogens (tertiary/aromatic N) is 2. The molecule has 0 atom stereocenters. The minimum atomic E-state index is -0.598. The Hall–Kier alpha value is -3.14. The van der Waals surface area contributed by atoms with Crippen LogP contribution in [0.15, 0.2) is 87.6 Å². The first kappa shape index (κ1) is 24.9. The van der Waals surface area contributed by atoms with Gasteiger partial charge in [-0.2, -0.15) is 0 Å². The van der Waals surface area contributed by atoms with E-state index >= 15 is 0 Å². The van der Waals surface area contributed by atoms with Crippen molar-refractivity contribution in [3.05, 3.63) is 72.7 Å². The average molecular weight is 411 g/mol. The summed E-state index contributed by atoms with van der Waals surface area (Å²) in [7, 11) is 0. The summed E-state index contributed by atoms with van der Waals surface area (Å²) >= 11 is 4.42. The molecule has 0 aromatic heterocycles. The Morgan fingerprint density at radius 2 is 1.89 bits per heavy atom. The third-order valence-electron chi connectivity index (χ3n) is 3.27. The van der Waals surface area contributed by atoms with Crippen LogP contribution >= 0.6 is 12.6 Å². The number of thiol groups is 1. The Bertz CT molecular complexity index is 868. The summed E-state index contributed by atoms with van der Waals surface area (Å²) in [5, 5.41) is 2.93. The Labute approximate surface area is 171 Å². The maximum Gasteiger partial charge on any atom is 0.193 e. The zero-order valence-corrected chi connectivity index (χ0v) is 15.9. The minimum Gasteiger partial charge on any atom is -0.455 e. The number of halogens is 1. The first-order valence-corrected chi connectivity index (χ1v) is 8.09. The molecular formula is C19H27FN4O3S. The molecule has 7 N–H and O–H groups in total. The fraction of sp³-hybridized carbons (Fsp3) is 0.0526. The fourth-order valence-corrected chi connectivity index (χ4v) is 2.24. The smallest absolute Gasteiger partial charge is 0.193 e. The van der Waals surface area contributed by atoms with Crippen molar-refractivity contribution in [3.8, 4) is 11.5 Å². The topological polar surface area (TPSA) is 135 Å². The normalized spacial score (nSPS) is 11.3. The molecule has 0 spiro atoms. The van der Waals surface area contributed by atoms with Crippen LogP contribution in [-0.4, -0.2) is 30.2 Å². The van der Waals surface area contributed by atoms with E-state index in [9.17, 15) is 4.39 Å². The van der Waals surface area contributed by atoms with Crippen LogP contribution in [0.5, 0.6) is 11.5 Å². The monoisotopic (exact) mass is 410 g/mol. The van der Waals surface area contributed by atoms with E-state index in [1.807, 2.05) is 30.3 Å². The lowest BCUT2D eigenvalue weighted by Gasteiger charge is -2.14. The second kappa shape index (κ2) is 12.3. The highest BCUT2D eigenvalue weighted by molar-refractivity contribution is 7.80. The zero-order valence-electron chi connectivity index (χ0n) is 15.0. The Morgan fingerprint density at radius 3 is 2.50 bits per heavy atom. The summed E-state index contributed by atoms with van der Waals surface area (Å²) in [6.45, 7) is 6.57. The van der Waals surface area contributed by atoms with Crippen molar-refractivity contribution in [1.29, 1.82) is 0 Å². The molecule has 28 heavy (non-hydrogen) atoms. The number of anilines is 1. The van der Waals surface area contributed by atoms with Crippen molar-refractivity contribution in [1.82, 2.24) is 0 Å². The van der Waals surface area contributed by atoms with Gasteiger partial charge in [-0.3, -0.25) is 4.99 Å². The van der Waals surface area contributed by atoms with Gasteiger partial charge in [0.05, 0.1) is 17.9 Å². The zero-order chi connectivity index (χ0) is 18.9. The number of nitrogens with one attached hydrogen (secondary N) is 1. The van der Waals surface area contributed by atoms with Crippen LogP contribution in [0.4, 0.5) is 10.1 Å². The van der Waals surface area contributed by atoms with Gasteiger partial charge >= 0.3 is 0 Å². The number of guanidine groups is 1. The van der Waals surface area contributed by atoms with Crippen LogP contribution in [-0.2, 0) is 0 Å². The molecule has 0 saturated carbocycles. The van der Waals surface area contributed by atoms with E-state index < -0.39 is 5.83 Å². The number of rotatable bonds is 7. The van der Waals surface area contributed by atoms with E-state index in [0.717, 1.165) is 6.08 Å². The van der Waals surface area contributed by atoms with Crippen molar-refractivity contribution in [2.45, 2.75) is 4.90 Å². The molecule has 2 rings (SSSR count). The lowest BCUT2D eigenvalue weighted by atomic mass is 10.3. The summed E-state index contributed by atoms with van der Waals surface area (Å²) in [6, 6.07) is 14.7. The van der Waals surface area contributed by atoms with E-state index in [2.05, 4.69) is 41.2 Å². The minimum absolute atomic E-state index is 0. The molecule has 0 aliphatic heterocycles. The molecule has 0 fully saturated rings. The quantitative estimate of drug-likeness (QED) is 0.279. The highest BCUT2D eigenvalue weighted by Crippen LogP contribution is 2.34. The number of hydrogen-bond acceptors (Lipinski definition) is 4. The summed E-state index contributed by atoms with van der Waals surface area (Å²) in [5.74, 6) is 0.650. The predicted octanol–water partition coefficient (Wildman–Crippen LogP) is 3.40. The van der Waals surface area contributed by atoms with Gasteiger partial charge in [0, 0.05) is 7.75 Å². The Balaban J connectivity index is -0.00000182. The van der Waals surface area contributed by atoms with Crippen molar-refractivity contribution < 1.29 is 22.9 Å². The Kier molecular flexibility index (Phi) is 10.9. The summed E-state index contributed by atoms with van der Waals surface area (Å²) in [6.07, 6.45) is 1.04. The van der Waals surface area contributed by atoms with Crippen molar-refractivity contribution >= 4 is 31.0 Å². The van der Waals surface area contributed by atoms with E-state index in [1.165, 1.54) is 0 Å². The molecule has 0 heterocycles. The van der Waals surface area contributed by atoms with Gasteiger partial charge in [0.1, 0.15) is 11.6 Å². The second-order valence-electron chi connectivity index (χ2n) is 5.05. The molecule has 2 aromatic rings. The predicted molar refractivity (Wildman–Crippen MR) is 120 cm³/mol. The van der Waals surface area contributed by atoms with Crippen molar-refractivity contribution in [3.63, 3.8) is 0 Å². The van der Waals surface area contributed by atoms with Gasteiger partial charge in [-0.05, 0) is 37.1 Å². The van der Waals surface area contributed by atoms with E-state index in [-0.39, 0.29) is 32.0 Å². The molecule has 0 saturated heterocycles. The SMILES string of the molecule is C=C/C(F)=C(/CN=C(N)Nc1c(S)cccc1Oc1ccccc1)N=C.O.O.[HH].[HH]. The van der Waals surface area contributed by atoms with Crippen molar-refractivity contribution in [2.75, 3.05) is 11.9 Å². The van der Waals surface area contributed by atoms with Crippen LogP contribution in [0, 0.1) is 0 Å². The number of aliphatic imine (C=N–C) groups is 2. The Morgan fingerprint density at radius 1 is 1.21 bits per heavy atom. The molecule has 0 radical (unpaired) electrons. The molecular weight excluding hydrogens is 383 g/mol. The first-order valence-electron chi connectivity index (χ1n) is 7.64. The van der Waals surface area contributed by atoms with Gasteiger partial charge in [0.2, 0.25) is 0 Å². The van der Waals surface area contributed by atoms with Gasteiger partial charge in [0.15, 0.2) is 11.7 Å². The lowest BCUT2D eigenvalue weighted by Crippen LogP contribution is -2.23. The number of allylic oxidation sites excluding steroid dienone is 2. The highest BCUT2D eigenvalue weighted by Gasteiger charge is 2.10. The molecule has 0 aliphatic rings. The maximum atomic E-state index is 13.5. The summed E-state index contributed by atoms with van der Waals surface area (Å²) < 4.78 is 19.4. The third-order valence-corrected chi connectivity index (χ3v) is 3.65. The van der Waals surface area contributed by atoms with Crippen LogP contribution in [0.2, 0.25) is 0 Å².